The largest absolute Gasteiger partial charge is 0.393 e. The van der Waals surface area contributed by atoms with E-state index in [-0.39, 0.29) is 17.6 Å². The summed E-state index contributed by atoms with van der Waals surface area (Å²) in [5.41, 5.74) is 0.701. The molecule has 2 N–H and O–H groups in total. The second-order valence-corrected chi connectivity index (χ2v) is 6.81. The van der Waals surface area contributed by atoms with Gasteiger partial charge in [0.25, 0.3) is 5.91 Å². The Bertz CT molecular complexity index is 468. The van der Waals surface area contributed by atoms with Gasteiger partial charge in [-0.2, -0.15) is 0 Å². The molecule has 1 aromatic heterocycles. The zero-order chi connectivity index (χ0) is 15.5. The molecule has 0 aromatic carbocycles. The third-order valence-corrected chi connectivity index (χ3v) is 4.00. The van der Waals surface area contributed by atoms with Gasteiger partial charge in [-0.1, -0.05) is 0 Å². The van der Waals surface area contributed by atoms with Crippen molar-refractivity contribution >= 4 is 5.91 Å². The van der Waals surface area contributed by atoms with Gasteiger partial charge in [0.15, 0.2) is 0 Å². The molecule has 118 valence electrons. The molecule has 2 rings (SSSR count). The molecule has 5 nitrogen and oxygen atoms in total. The van der Waals surface area contributed by atoms with E-state index in [1.807, 2.05) is 23.0 Å². The summed E-state index contributed by atoms with van der Waals surface area (Å²) in [7, 11) is 0. The van der Waals surface area contributed by atoms with E-state index >= 15 is 0 Å². The van der Waals surface area contributed by atoms with Crippen LogP contribution in [0, 0.1) is 0 Å². The number of aromatic nitrogens is 1. The van der Waals surface area contributed by atoms with Crippen LogP contribution in [0.1, 0.15) is 44.0 Å². The van der Waals surface area contributed by atoms with E-state index in [1.54, 1.807) is 0 Å². The standard InChI is InChI=1S/C16H27N3O2/c1-16(2,3)19-10-4-13(12-19)15(21)17-7-11-18-8-5-14(20)6-9-18/h4,10,12,14,20H,5-9,11H2,1-3H3,(H,17,21). The predicted octanol–water partition coefficient (Wildman–Crippen LogP) is 1.43. The summed E-state index contributed by atoms with van der Waals surface area (Å²) in [5, 5.41) is 12.4. The van der Waals surface area contributed by atoms with Crippen molar-refractivity contribution in [2.24, 2.45) is 0 Å². The molecule has 0 aliphatic carbocycles. The first-order valence-corrected chi connectivity index (χ1v) is 7.73. The second kappa shape index (κ2) is 6.62. The lowest BCUT2D eigenvalue weighted by molar-refractivity contribution is 0.0804. The van der Waals surface area contributed by atoms with Gasteiger partial charge < -0.3 is 19.9 Å². The SMILES string of the molecule is CC(C)(C)n1ccc(C(=O)NCCN2CCC(O)CC2)c1. The van der Waals surface area contributed by atoms with Gasteiger partial charge in [-0.3, -0.25) is 4.79 Å². The molecule has 1 saturated heterocycles. The second-order valence-electron chi connectivity index (χ2n) is 6.81. The molecule has 1 aliphatic rings. The molecule has 1 amide bonds. The average Bonchev–Trinajstić information content (AvgIpc) is 2.90. The number of carbonyl (C=O) groups is 1. The van der Waals surface area contributed by atoms with Crippen LogP contribution >= 0.6 is 0 Å². The number of amides is 1. The van der Waals surface area contributed by atoms with Crippen LogP contribution in [0.3, 0.4) is 0 Å². The molecule has 5 heteroatoms. The van der Waals surface area contributed by atoms with Crippen molar-refractivity contribution in [2.45, 2.75) is 45.3 Å². The lowest BCUT2D eigenvalue weighted by atomic mass is 10.1. The van der Waals surface area contributed by atoms with Crippen LogP contribution in [0.15, 0.2) is 18.5 Å². The third-order valence-electron chi connectivity index (χ3n) is 4.00. The molecule has 0 bridgehead atoms. The van der Waals surface area contributed by atoms with Crippen LogP contribution in [0.25, 0.3) is 0 Å². The van der Waals surface area contributed by atoms with E-state index in [1.165, 1.54) is 0 Å². The Morgan fingerprint density at radius 1 is 1.38 bits per heavy atom. The van der Waals surface area contributed by atoms with Crippen LogP contribution < -0.4 is 5.32 Å². The molecule has 1 fully saturated rings. The van der Waals surface area contributed by atoms with E-state index < -0.39 is 0 Å². The number of nitrogens with zero attached hydrogens (tertiary/aromatic N) is 2. The maximum absolute atomic E-state index is 12.1. The summed E-state index contributed by atoms with van der Waals surface area (Å²) in [5.74, 6) is -0.0185. The van der Waals surface area contributed by atoms with Crippen molar-refractivity contribution in [3.63, 3.8) is 0 Å². The Kier molecular flexibility index (Phi) is 5.06. The number of rotatable bonds is 4. The van der Waals surface area contributed by atoms with Gasteiger partial charge in [-0.25, -0.2) is 0 Å². The molecule has 0 saturated carbocycles. The maximum Gasteiger partial charge on any atom is 0.252 e. The topological polar surface area (TPSA) is 57.5 Å². The molecule has 21 heavy (non-hydrogen) atoms. The fourth-order valence-electron chi connectivity index (χ4n) is 2.52. The summed E-state index contributed by atoms with van der Waals surface area (Å²) in [6, 6.07) is 1.86. The van der Waals surface area contributed by atoms with Crippen LogP contribution in [0.4, 0.5) is 0 Å². The fraction of sp³-hybridized carbons (Fsp3) is 0.688. The maximum atomic E-state index is 12.1. The molecular formula is C16H27N3O2. The van der Waals surface area contributed by atoms with Gasteiger partial charge in [0, 0.05) is 44.1 Å². The van der Waals surface area contributed by atoms with Gasteiger partial charge in [-0.15, -0.1) is 0 Å². The van der Waals surface area contributed by atoms with E-state index in [0.717, 1.165) is 32.5 Å². The lowest BCUT2D eigenvalue weighted by Gasteiger charge is -2.29. The van der Waals surface area contributed by atoms with E-state index in [0.29, 0.717) is 12.1 Å². The van der Waals surface area contributed by atoms with Crippen molar-refractivity contribution in [2.75, 3.05) is 26.2 Å². The molecule has 0 spiro atoms. The van der Waals surface area contributed by atoms with E-state index in [4.69, 9.17) is 0 Å². The molecule has 1 aromatic rings. The number of likely N-dealkylation sites (tertiary alicyclic amines) is 1. The smallest absolute Gasteiger partial charge is 0.252 e. The van der Waals surface area contributed by atoms with Gasteiger partial charge in [0.2, 0.25) is 0 Å². The number of carbonyl (C=O) groups excluding carboxylic acids is 1. The van der Waals surface area contributed by atoms with Crippen molar-refractivity contribution in [1.82, 2.24) is 14.8 Å². The van der Waals surface area contributed by atoms with Crippen LogP contribution in [0.5, 0.6) is 0 Å². The Hall–Kier alpha value is -1.33. The quantitative estimate of drug-likeness (QED) is 0.883. The van der Waals surface area contributed by atoms with Gasteiger partial charge in [-0.05, 0) is 39.7 Å². The summed E-state index contributed by atoms with van der Waals surface area (Å²) in [6.07, 6.45) is 5.37. The summed E-state index contributed by atoms with van der Waals surface area (Å²) in [6.45, 7) is 9.65. The average molecular weight is 293 g/mol. The van der Waals surface area contributed by atoms with Crippen LogP contribution in [-0.4, -0.2) is 52.8 Å². The Morgan fingerprint density at radius 3 is 2.62 bits per heavy atom. The van der Waals surface area contributed by atoms with Crippen molar-refractivity contribution in [3.05, 3.63) is 24.0 Å². The third kappa shape index (κ3) is 4.58. The zero-order valence-electron chi connectivity index (χ0n) is 13.3. The highest BCUT2D eigenvalue weighted by molar-refractivity contribution is 5.94. The number of hydrogen-bond donors (Lipinski definition) is 2. The van der Waals surface area contributed by atoms with E-state index in [9.17, 15) is 9.90 Å². The number of piperidine rings is 1. The minimum atomic E-state index is -0.145. The molecule has 0 unspecified atom stereocenters. The van der Waals surface area contributed by atoms with Gasteiger partial charge in [0.1, 0.15) is 0 Å². The minimum Gasteiger partial charge on any atom is -0.393 e. The van der Waals surface area contributed by atoms with Crippen molar-refractivity contribution < 1.29 is 9.90 Å². The first-order chi connectivity index (χ1) is 9.86. The number of nitrogens with one attached hydrogen (secondary N) is 1. The van der Waals surface area contributed by atoms with Gasteiger partial charge in [0.05, 0.1) is 11.7 Å². The summed E-state index contributed by atoms with van der Waals surface area (Å²) in [4.78, 5) is 14.4. The minimum absolute atomic E-state index is 0.00678. The normalized spacial score (nSPS) is 17.9. The molecule has 1 aliphatic heterocycles. The predicted molar refractivity (Wildman–Crippen MR) is 83.4 cm³/mol. The highest BCUT2D eigenvalue weighted by Crippen LogP contribution is 2.15. The molecule has 0 atom stereocenters. The monoisotopic (exact) mass is 293 g/mol. The number of hydrogen-bond acceptors (Lipinski definition) is 3. The molecular weight excluding hydrogens is 266 g/mol. The first kappa shape index (κ1) is 16.0. The lowest BCUT2D eigenvalue weighted by Crippen LogP contribution is -2.40. The van der Waals surface area contributed by atoms with Crippen molar-refractivity contribution in [1.29, 1.82) is 0 Å². The highest BCUT2D eigenvalue weighted by atomic mass is 16.3. The summed E-state index contributed by atoms with van der Waals surface area (Å²) < 4.78 is 2.05. The summed E-state index contributed by atoms with van der Waals surface area (Å²) >= 11 is 0. The number of aliphatic hydroxyl groups is 1. The zero-order valence-corrected chi connectivity index (χ0v) is 13.3. The van der Waals surface area contributed by atoms with Crippen molar-refractivity contribution in [3.8, 4) is 0 Å². The molecule has 0 radical (unpaired) electrons. The molecule has 2 heterocycles. The Labute approximate surface area is 126 Å². The fourth-order valence-corrected chi connectivity index (χ4v) is 2.52. The van der Waals surface area contributed by atoms with E-state index in [2.05, 4.69) is 31.0 Å². The van der Waals surface area contributed by atoms with Crippen LogP contribution in [-0.2, 0) is 5.54 Å². The highest BCUT2D eigenvalue weighted by Gasteiger charge is 2.17. The number of aliphatic hydroxyl groups excluding tert-OH is 1. The Balaban J connectivity index is 1.76. The van der Waals surface area contributed by atoms with Crippen LogP contribution in [0.2, 0.25) is 0 Å². The van der Waals surface area contributed by atoms with Gasteiger partial charge >= 0.3 is 0 Å². The Morgan fingerprint density at radius 2 is 2.05 bits per heavy atom. The first-order valence-electron chi connectivity index (χ1n) is 7.73.